The van der Waals surface area contributed by atoms with Crippen LogP contribution in [-0.2, 0) is 5.92 Å². The Kier molecular flexibility index (Phi) is 5.86. The maximum Gasteiger partial charge on any atom is 0.397 e. The molecule has 7 aromatic rings. The van der Waals surface area contributed by atoms with Crippen molar-refractivity contribution in [1.82, 2.24) is 4.57 Å². The molecule has 3 aliphatic heterocycles. The second kappa shape index (κ2) is 9.84. The van der Waals surface area contributed by atoms with E-state index in [9.17, 15) is 0 Å². The van der Waals surface area contributed by atoms with E-state index in [-0.39, 0.29) is 11.4 Å². The maximum absolute atomic E-state index is 16.6. The number of anilines is 5. The molecular weight excluding hydrogens is 645 g/mol. The van der Waals surface area contributed by atoms with Gasteiger partial charge in [0.15, 0.2) is 0 Å². The van der Waals surface area contributed by atoms with E-state index in [0.717, 1.165) is 60.9 Å². The monoisotopic (exact) mass is 677 g/mol. The lowest BCUT2D eigenvalue weighted by Crippen LogP contribution is -2.62. The average Bonchev–Trinajstić information content (AvgIpc) is 3.48. The summed E-state index contributed by atoms with van der Waals surface area (Å²) >= 11 is 0. The minimum Gasteiger partial charge on any atom is -0.310 e. The molecule has 0 N–H and O–H groups in total. The normalized spacial score (nSPS) is 15.8. The standard InChI is InChI=1S/C43H32BF4N3/c1-23-6-11-28(12-7-23)49(29-13-8-24(2)9-14-29)30-21-37-39-38(22-30)51-41-33(42(45,46)43(51,47)48)18-27(5)20-35(41)44(39)34-19-26(4)17-32-31-16-25(3)10-15-36(31)50(37)40(32)34/h6-22H,1-5H3. The Labute approximate surface area is 293 Å². The van der Waals surface area contributed by atoms with Crippen LogP contribution >= 0.6 is 0 Å². The van der Waals surface area contributed by atoms with E-state index in [1.807, 2.05) is 80.3 Å². The summed E-state index contributed by atoms with van der Waals surface area (Å²) in [5.41, 5.74) is 11.0. The Morgan fingerprint density at radius 1 is 0.549 bits per heavy atom. The van der Waals surface area contributed by atoms with Crippen molar-refractivity contribution in [2.75, 3.05) is 9.80 Å². The van der Waals surface area contributed by atoms with Crippen molar-refractivity contribution in [3.8, 4) is 5.69 Å². The number of rotatable bonds is 3. The van der Waals surface area contributed by atoms with Gasteiger partial charge in [0.05, 0.1) is 22.5 Å². The molecule has 0 aliphatic carbocycles. The molecule has 0 bridgehead atoms. The van der Waals surface area contributed by atoms with Crippen molar-refractivity contribution >= 4 is 73.3 Å². The van der Waals surface area contributed by atoms with Crippen LogP contribution in [0, 0.1) is 34.6 Å². The summed E-state index contributed by atoms with van der Waals surface area (Å²) in [7, 11) is 0. The van der Waals surface area contributed by atoms with Gasteiger partial charge in [-0.25, -0.2) is 0 Å². The highest BCUT2D eigenvalue weighted by molar-refractivity contribution is 7.00. The SMILES string of the molecule is Cc1ccc(N(c2ccc(C)cc2)c2cc3c4c(c2)-n2c5ccc(C)cc5c5cc(C)cc(c52)B4c2cc(C)cc4c2N3C(F)(F)C4(F)F)cc1. The van der Waals surface area contributed by atoms with E-state index in [0.29, 0.717) is 32.8 Å². The van der Waals surface area contributed by atoms with Crippen LogP contribution in [0.2, 0.25) is 0 Å². The van der Waals surface area contributed by atoms with Crippen molar-refractivity contribution < 1.29 is 17.6 Å². The van der Waals surface area contributed by atoms with E-state index in [4.69, 9.17) is 0 Å². The van der Waals surface area contributed by atoms with Crippen molar-refractivity contribution in [3.05, 3.63) is 137 Å². The zero-order valence-corrected chi connectivity index (χ0v) is 28.7. The van der Waals surface area contributed by atoms with Gasteiger partial charge in [-0.05, 0) is 112 Å². The molecule has 0 amide bonds. The number of fused-ring (bicyclic) bond motifs is 7. The number of aryl methyl sites for hydroxylation is 5. The molecule has 0 saturated heterocycles. The minimum atomic E-state index is -4.51. The summed E-state index contributed by atoms with van der Waals surface area (Å²) in [6, 6.07) is 29.0. The Bertz CT molecular complexity index is 2610. The van der Waals surface area contributed by atoms with Gasteiger partial charge in [-0.3, -0.25) is 4.90 Å². The van der Waals surface area contributed by atoms with Crippen LogP contribution in [0.25, 0.3) is 27.5 Å². The molecule has 3 nitrogen and oxygen atoms in total. The van der Waals surface area contributed by atoms with Crippen LogP contribution in [0.1, 0.15) is 33.4 Å². The first kappa shape index (κ1) is 30.3. The lowest BCUT2D eigenvalue weighted by atomic mass is 9.33. The molecule has 0 spiro atoms. The van der Waals surface area contributed by atoms with Crippen LogP contribution in [0.3, 0.4) is 0 Å². The van der Waals surface area contributed by atoms with E-state index < -0.39 is 24.2 Å². The summed E-state index contributed by atoms with van der Waals surface area (Å²) in [4.78, 5) is 2.67. The predicted octanol–water partition coefficient (Wildman–Crippen LogP) is 9.77. The van der Waals surface area contributed by atoms with Gasteiger partial charge >= 0.3 is 12.0 Å². The van der Waals surface area contributed by atoms with Gasteiger partial charge in [0.2, 0.25) is 0 Å². The van der Waals surface area contributed by atoms with E-state index in [1.165, 1.54) is 6.07 Å². The van der Waals surface area contributed by atoms with Gasteiger partial charge in [-0.1, -0.05) is 70.3 Å². The van der Waals surface area contributed by atoms with Gasteiger partial charge < -0.3 is 9.47 Å². The second-order valence-electron chi connectivity index (χ2n) is 14.6. The number of nitrogens with zero attached hydrogens (tertiary/aromatic N) is 3. The van der Waals surface area contributed by atoms with Crippen molar-refractivity contribution in [3.63, 3.8) is 0 Å². The molecule has 6 aromatic carbocycles. The van der Waals surface area contributed by atoms with Crippen LogP contribution < -0.4 is 26.2 Å². The van der Waals surface area contributed by atoms with Gasteiger partial charge in [0, 0.05) is 39.0 Å². The van der Waals surface area contributed by atoms with E-state index in [1.54, 1.807) is 13.0 Å². The third-order valence-electron chi connectivity index (χ3n) is 11.1. The number of hydrogen-bond donors (Lipinski definition) is 0. The minimum absolute atomic E-state index is 0.0887. The van der Waals surface area contributed by atoms with Crippen molar-refractivity contribution in [2.24, 2.45) is 0 Å². The molecule has 3 aliphatic rings. The summed E-state index contributed by atoms with van der Waals surface area (Å²) in [5, 5.41) is 2.12. The van der Waals surface area contributed by atoms with Crippen molar-refractivity contribution in [2.45, 2.75) is 46.6 Å². The molecular formula is C43H32BF4N3. The third-order valence-corrected chi connectivity index (χ3v) is 11.1. The number of hydrogen-bond acceptors (Lipinski definition) is 2. The van der Waals surface area contributed by atoms with Crippen LogP contribution in [0.5, 0.6) is 0 Å². The molecule has 1 aromatic heterocycles. The summed E-state index contributed by atoms with van der Waals surface area (Å²) < 4.78 is 67.8. The molecule has 10 rings (SSSR count). The molecule has 8 heteroatoms. The Morgan fingerprint density at radius 2 is 1.12 bits per heavy atom. The summed E-state index contributed by atoms with van der Waals surface area (Å²) in [6.07, 6.45) is 0. The fourth-order valence-electron chi connectivity index (χ4n) is 8.86. The zero-order valence-electron chi connectivity index (χ0n) is 28.7. The first-order valence-corrected chi connectivity index (χ1v) is 17.2. The smallest absolute Gasteiger partial charge is 0.310 e. The lowest BCUT2D eigenvalue weighted by molar-refractivity contribution is -0.200. The molecule has 0 saturated carbocycles. The first-order valence-electron chi connectivity index (χ1n) is 17.2. The number of benzene rings is 6. The van der Waals surface area contributed by atoms with Gasteiger partial charge in [0.25, 0.3) is 6.71 Å². The molecule has 0 unspecified atom stereocenters. The van der Waals surface area contributed by atoms with Gasteiger partial charge in [-0.15, -0.1) is 0 Å². The van der Waals surface area contributed by atoms with E-state index >= 15 is 17.6 Å². The quantitative estimate of drug-likeness (QED) is 0.105. The number of alkyl halides is 4. The summed E-state index contributed by atoms with van der Waals surface area (Å²) in [6.45, 7) is 9.30. The van der Waals surface area contributed by atoms with E-state index in [2.05, 4.69) is 47.9 Å². The summed E-state index contributed by atoms with van der Waals surface area (Å²) in [5.74, 6) is -4.41. The average molecular weight is 678 g/mol. The molecule has 0 radical (unpaired) electrons. The Balaban J connectivity index is 1.40. The highest BCUT2D eigenvalue weighted by atomic mass is 19.3. The number of aromatic nitrogens is 1. The first-order chi connectivity index (χ1) is 24.3. The highest BCUT2D eigenvalue weighted by Gasteiger charge is 2.70. The topological polar surface area (TPSA) is 11.4 Å². The molecule has 4 heterocycles. The Hall–Kier alpha value is -5.50. The Morgan fingerprint density at radius 3 is 1.78 bits per heavy atom. The van der Waals surface area contributed by atoms with Crippen LogP contribution in [-0.4, -0.2) is 17.3 Å². The largest absolute Gasteiger partial charge is 0.397 e. The second-order valence-corrected chi connectivity index (χ2v) is 14.6. The fraction of sp³-hybridized carbons (Fsp3) is 0.163. The molecule has 0 atom stereocenters. The molecule has 51 heavy (non-hydrogen) atoms. The maximum atomic E-state index is 16.6. The fourth-order valence-corrected chi connectivity index (χ4v) is 8.86. The van der Waals surface area contributed by atoms with Crippen molar-refractivity contribution in [1.29, 1.82) is 0 Å². The lowest BCUT2D eigenvalue weighted by Gasteiger charge is -2.41. The van der Waals surface area contributed by atoms with Crippen LogP contribution in [0.4, 0.5) is 46.0 Å². The zero-order chi connectivity index (χ0) is 35.3. The highest BCUT2D eigenvalue weighted by Crippen LogP contribution is 2.60. The predicted molar refractivity (Wildman–Crippen MR) is 201 cm³/mol. The van der Waals surface area contributed by atoms with Gasteiger partial charge in [0.1, 0.15) is 0 Å². The molecule has 250 valence electrons. The third kappa shape index (κ3) is 3.85. The van der Waals surface area contributed by atoms with Crippen LogP contribution in [0.15, 0.2) is 103 Å². The molecule has 0 fully saturated rings. The number of halogens is 4. The van der Waals surface area contributed by atoms with Gasteiger partial charge in [-0.2, -0.15) is 17.6 Å².